The topological polar surface area (TPSA) is 21.3 Å². The first-order valence-electron chi connectivity index (χ1n) is 7.24. The van der Waals surface area contributed by atoms with Crippen molar-refractivity contribution in [3.63, 3.8) is 0 Å². The van der Waals surface area contributed by atoms with Gasteiger partial charge < -0.3 is 10.1 Å². The van der Waals surface area contributed by atoms with Gasteiger partial charge in [-0.2, -0.15) is 0 Å². The van der Waals surface area contributed by atoms with Crippen LogP contribution >= 0.6 is 11.3 Å². The molecule has 0 atom stereocenters. The van der Waals surface area contributed by atoms with Gasteiger partial charge in [-0.15, -0.1) is 11.3 Å². The fourth-order valence-electron chi connectivity index (χ4n) is 2.61. The quantitative estimate of drug-likeness (QED) is 0.845. The van der Waals surface area contributed by atoms with Gasteiger partial charge in [-0.1, -0.05) is 12.8 Å². The second-order valence-electron chi connectivity index (χ2n) is 5.67. The molecule has 100 valence electrons. The van der Waals surface area contributed by atoms with Gasteiger partial charge >= 0.3 is 0 Å². The smallest absolute Gasteiger partial charge is 0.0731 e. The van der Waals surface area contributed by atoms with Crippen molar-refractivity contribution in [3.8, 4) is 0 Å². The third-order valence-corrected chi connectivity index (χ3v) is 5.08. The van der Waals surface area contributed by atoms with Gasteiger partial charge in [-0.25, -0.2) is 0 Å². The van der Waals surface area contributed by atoms with Gasteiger partial charge in [0.15, 0.2) is 0 Å². The Kier molecular flexibility index (Phi) is 4.02. The van der Waals surface area contributed by atoms with Crippen molar-refractivity contribution in [1.29, 1.82) is 0 Å². The molecular formula is C15H23NOS. The van der Waals surface area contributed by atoms with Gasteiger partial charge in [0.25, 0.3) is 0 Å². The van der Waals surface area contributed by atoms with Crippen LogP contribution in [0.2, 0.25) is 0 Å². The van der Waals surface area contributed by atoms with E-state index in [-0.39, 0.29) is 0 Å². The number of aryl methyl sites for hydroxylation is 1. The Labute approximate surface area is 114 Å². The minimum atomic E-state index is 0.525. The van der Waals surface area contributed by atoms with Crippen molar-refractivity contribution in [1.82, 2.24) is 5.32 Å². The summed E-state index contributed by atoms with van der Waals surface area (Å²) in [4.78, 5) is 2.89. The van der Waals surface area contributed by atoms with E-state index in [1.54, 1.807) is 0 Å². The molecule has 0 saturated heterocycles. The lowest BCUT2D eigenvalue weighted by Gasteiger charge is -2.10. The lowest BCUT2D eigenvalue weighted by atomic mass is 10.2. The number of nitrogens with one attached hydrogen (secondary N) is 1. The molecule has 3 heteroatoms. The zero-order chi connectivity index (χ0) is 12.4. The summed E-state index contributed by atoms with van der Waals surface area (Å²) in [7, 11) is 0. The van der Waals surface area contributed by atoms with Crippen LogP contribution in [0.1, 0.15) is 53.8 Å². The molecule has 1 aromatic rings. The Hall–Kier alpha value is -0.380. The molecule has 2 saturated carbocycles. The van der Waals surface area contributed by atoms with Gasteiger partial charge in [0.2, 0.25) is 0 Å². The number of rotatable bonds is 6. The van der Waals surface area contributed by atoms with Crippen molar-refractivity contribution < 1.29 is 4.74 Å². The van der Waals surface area contributed by atoms with Crippen LogP contribution in [-0.4, -0.2) is 12.1 Å². The maximum atomic E-state index is 6.01. The highest BCUT2D eigenvalue weighted by atomic mass is 32.1. The fourth-order valence-corrected chi connectivity index (χ4v) is 3.61. The van der Waals surface area contributed by atoms with Gasteiger partial charge in [-0.05, 0) is 44.2 Å². The molecule has 2 nitrogen and oxygen atoms in total. The van der Waals surface area contributed by atoms with Crippen LogP contribution in [0.3, 0.4) is 0 Å². The highest BCUT2D eigenvalue weighted by Crippen LogP contribution is 2.27. The van der Waals surface area contributed by atoms with Crippen LogP contribution in [0.4, 0.5) is 0 Å². The monoisotopic (exact) mass is 265 g/mol. The molecular weight excluding hydrogens is 242 g/mol. The van der Waals surface area contributed by atoms with E-state index in [4.69, 9.17) is 4.74 Å². The minimum absolute atomic E-state index is 0.525. The molecule has 2 fully saturated rings. The summed E-state index contributed by atoms with van der Waals surface area (Å²) < 4.78 is 6.01. The zero-order valence-corrected chi connectivity index (χ0v) is 12.0. The van der Waals surface area contributed by atoms with Crippen molar-refractivity contribution in [3.05, 3.63) is 21.4 Å². The lowest BCUT2D eigenvalue weighted by Crippen LogP contribution is -2.14. The van der Waals surface area contributed by atoms with E-state index in [0.717, 1.165) is 19.2 Å². The molecule has 1 heterocycles. The molecule has 0 spiro atoms. The third-order valence-electron chi connectivity index (χ3n) is 3.99. The number of hydrogen-bond acceptors (Lipinski definition) is 3. The van der Waals surface area contributed by atoms with E-state index in [0.29, 0.717) is 6.10 Å². The molecule has 3 rings (SSSR count). The highest BCUT2D eigenvalue weighted by molar-refractivity contribution is 7.12. The molecule has 18 heavy (non-hydrogen) atoms. The highest BCUT2D eigenvalue weighted by Gasteiger charge is 2.20. The molecule has 0 amide bonds. The van der Waals surface area contributed by atoms with Gasteiger partial charge in [0.1, 0.15) is 0 Å². The number of ether oxygens (including phenoxy) is 1. The minimum Gasteiger partial charge on any atom is -0.374 e. The first-order valence-corrected chi connectivity index (χ1v) is 8.06. The van der Waals surface area contributed by atoms with Crippen molar-refractivity contribution in [2.45, 2.75) is 70.7 Å². The predicted molar refractivity (Wildman–Crippen MR) is 76.0 cm³/mol. The SMILES string of the molecule is Cc1sc(CNC2CC2)cc1COC1CCCC1. The summed E-state index contributed by atoms with van der Waals surface area (Å²) in [5, 5.41) is 3.58. The van der Waals surface area contributed by atoms with Crippen LogP contribution in [0.5, 0.6) is 0 Å². The molecule has 1 N–H and O–H groups in total. The maximum absolute atomic E-state index is 6.01. The maximum Gasteiger partial charge on any atom is 0.0731 e. The second-order valence-corrected chi connectivity index (χ2v) is 7.01. The molecule has 2 aliphatic carbocycles. The largest absolute Gasteiger partial charge is 0.374 e. The zero-order valence-electron chi connectivity index (χ0n) is 11.2. The molecule has 0 bridgehead atoms. The summed E-state index contributed by atoms with van der Waals surface area (Å²) in [6.07, 6.45) is 8.48. The fraction of sp³-hybridized carbons (Fsp3) is 0.733. The Balaban J connectivity index is 1.50. The summed E-state index contributed by atoms with van der Waals surface area (Å²) >= 11 is 1.92. The first kappa shape index (κ1) is 12.6. The Morgan fingerprint density at radius 1 is 1.28 bits per heavy atom. The van der Waals surface area contributed by atoms with E-state index >= 15 is 0 Å². The molecule has 0 aromatic carbocycles. The standard InChI is InChI=1S/C15H23NOS/c1-11-12(10-17-14-4-2-3-5-14)8-15(18-11)9-16-13-6-7-13/h8,13-14,16H,2-7,9-10H2,1H3. The Morgan fingerprint density at radius 2 is 2.06 bits per heavy atom. The van der Waals surface area contributed by atoms with Crippen LogP contribution in [-0.2, 0) is 17.9 Å². The Morgan fingerprint density at radius 3 is 2.78 bits per heavy atom. The van der Waals surface area contributed by atoms with Crippen LogP contribution in [0.25, 0.3) is 0 Å². The van der Waals surface area contributed by atoms with Gasteiger partial charge in [0.05, 0.1) is 12.7 Å². The van der Waals surface area contributed by atoms with Gasteiger partial charge in [0, 0.05) is 22.3 Å². The van der Waals surface area contributed by atoms with E-state index in [1.165, 1.54) is 53.8 Å². The summed E-state index contributed by atoms with van der Waals surface area (Å²) in [6, 6.07) is 3.13. The van der Waals surface area contributed by atoms with E-state index in [1.807, 2.05) is 11.3 Å². The molecule has 1 aromatic heterocycles. The van der Waals surface area contributed by atoms with Crippen molar-refractivity contribution >= 4 is 11.3 Å². The first-order chi connectivity index (χ1) is 8.81. The summed E-state index contributed by atoms with van der Waals surface area (Å²) in [5.74, 6) is 0. The summed E-state index contributed by atoms with van der Waals surface area (Å²) in [6.45, 7) is 4.08. The number of hydrogen-bond donors (Lipinski definition) is 1. The normalized spacial score (nSPS) is 20.7. The predicted octanol–water partition coefficient (Wildman–Crippen LogP) is 3.77. The Bertz CT molecular complexity index is 391. The van der Waals surface area contributed by atoms with E-state index in [2.05, 4.69) is 18.3 Å². The lowest BCUT2D eigenvalue weighted by molar-refractivity contribution is 0.0456. The van der Waals surface area contributed by atoms with E-state index < -0.39 is 0 Å². The van der Waals surface area contributed by atoms with Crippen LogP contribution in [0.15, 0.2) is 6.07 Å². The van der Waals surface area contributed by atoms with Crippen molar-refractivity contribution in [2.75, 3.05) is 0 Å². The molecule has 0 aliphatic heterocycles. The average Bonchev–Trinajstić information content (AvgIpc) is 2.91. The van der Waals surface area contributed by atoms with E-state index in [9.17, 15) is 0 Å². The van der Waals surface area contributed by atoms with Crippen molar-refractivity contribution in [2.24, 2.45) is 0 Å². The molecule has 0 unspecified atom stereocenters. The average molecular weight is 265 g/mol. The van der Waals surface area contributed by atoms with Gasteiger partial charge in [-0.3, -0.25) is 0 Å². The van der Waals surface area contributed by atoms with Crippen LogP contribution in [0, 0.1) is 6.92 Å². The molecule has 2 aliphatic rings. The third kappa shape index (κ3) is 3.34. The number of thiophene rings is 1. The van der Waals surface area contributed by atoms with Crippen LogP contribution < -0.4 is 5.32 Å². The second kappa shape index (κ2) is 5.72. The molecule has 0 radical (unpaired) electrons. The summed E-state index contributed by atoms with van der Waals surface area (Å²) in [5.41, 5.74) is 1.40.